The molecule has 0 saturated heterocycles. The van der Waals surface area contributed by atoms with Crippen molar-refractivity contribution in [2.24, 2.45) is 0 Å². The van der Waals surface area contributed by atoms with Crippen LogP contribution in [0.5, 0.6) is 0 Å². The van der Waals surface area contributed by atoms with Gasteiger partial charge in [-0.1, -0.05) is 17.7 Å². The molecule has 0 bridgehead atoms. The zero-order valence-corrected chi connectivity index (χ0v) is 14.2. The number of fused-ring (bicyclic) bond motifs is 1. The Labute approximate surface area is 145 Å². The van der Waals surface area contributed by atoms with Crippen molar-refractivity contribution in [1.82, 2.24) is 10.3 Å². The van der Waals surface area contributed by atoms with Gasteiger partial charge in [0.05, 0.1) is 0 Å². The van der Waals surface area contributed by atoms with Crippen LogP contribution in [0.15, 0.2) is 42.5 Å². The number of hydrogen-bond acceptors (Lipinski definition) is 3. The predicted octanol–water partition coefficient (Wildman–Crippen LogP) is 2.16. The number of aryl methyl sites for hydroxylation is 2. The number of carbonyl (C=O) groups excluding carboxylic acids is 1. The van der Waals surface area contributed by atoms with Crippen LogP contribution in [-0.4, -0.2) is 22.6 Å². The van der Waals surface area contributed by atoms with Crippen LogP contribution >= 0.6 is 0 Å². The summed E-state index contributed by atoms with van der Waals surface area (Å²) in [5.41, 5.74) is 5.05. The highest BCUT2D eigenvalue weighted by atomic mass is 16.8. The minimum absolute atomic E-state index is 0.107. The SMILES string of the molecule is Cc1ccc2[nH]c(C)c(CCNC(=O)c3cccc([NH+]([O-])O)c3)c2c1. The number of amides is 1. The number of rotatable bonds is 5. The molecule has 0 radical (unpaired) electrons. The lowest BCUT2D eigenvalue weighted by Crippen LogP contribution is -2.99. The molecular weight excluding hydrogens is 318 g/mol. The molecule has 0 saturated carbocycles. The molecule has 1 aromatic heterocycles. The van der Waals surface area contributed by atoms with Crippen molar-refractivity contribution in [3.63, 3.8) is 0 Å². The average Bonchev–Trinajstić information content (AvgIpc) is 2.90. The second-order valence-corrected chi connectivity index (χ2v) is 6.17. The summed E-state index contributed by atoms with van der Waals surface area (Å²) in [5, 5.41) is 23.0. The first-order chi connectivity index (χ1) is 12.0. The highest BCUT2D eigenvalue weighted by Gasteiger charge is 2.11. The molecule has 0 fully saturated rings. The Hall–Kier alpha value is -2.67. The highest BCUT2D eigenvalue weighted by Crippen LogP contribution is 2.23. The molecule has 0 aliphatic rings. The molecular formula is C19H21N3O3. The van der Waals surface area contributed by atoms with Crippen LogP contribution in [0.3, 0.4) is 0 Å². The van der Waals surface area contributed by atoms with Crippen molar-refractivity contribution in [2.75, 3.05) is 6.54 Å². The van der Waals surface area contributed by atoms with Crippen molar-refractivity contribution in [2.45, 2.75) is 20.3 Å². The maximum absolute atomic E-state index is 12.2. The van der Waals surface area contributed by atoms with Gasteiger partial charge in [0.1, 0.15) is 0 Å². The van der Waals surface area contributed by atoms with Gasteiger partial charge in [0, 0.05) is 40.8 Å². The van der Waals surface area contributed by atoms with Gasteiger partial charge in [-0.25, -0.2) is 5.21 Å². The minimum Gasteiger partial charge on any atom is -0.595 e. The van der Waals surface area contributed by atoms with E-state index in [1.54, 1.807) is 12.1 Å². The standard InChI is InChI=1S/C19H21N3O3/c1-12-6-7-18-17(10-12)16(13(2)21-18)8-9-20-19(23)14-4-3-5-15(11-14)22(24)25/h3-7,10-11,21-22,24H,8-9H2,1-2H3,(H,20,23). The van der Waals surface area contributed by atoms with E-state index in [0.717, 1.165) is 11.2 Å². The van der Waals surface area contributed by atoms with Gasteiger partial charge in [0.2, 0.25) is 0 Å². The van der Waals surface area contributed by atoms with Gasteiger partial charge >= 0.3 is 0 Å². The summed E-state index contributed by atoms with van der Waals surface area (Å²) in [6, 6.07) is 12.3. The van der Waals surface area contributed by atoms with Crippen LogP contribution in [0.1, 0.15) is 27.2 Å². The molecule has 6 nitrogen and oxygen atoms in total. The Bertz CT molecular complexity index is 915. The zero-order chi connectivity index (χ0) is 18.0. The molecule has 0 spiro atoms. The van der Waals surface area contributed by atoms with E-state index >= 15 is 0 Å². The van der Waals surface area contributed by atoms with Gasteiger partial charge in [-0.05, 0) is 44.0 Å². The monoisotopic (exact) mass is 339 g/mol. The number of carbonyl (C=O) groups is 1. The van der Waals surface area contributed by atoms with Crippen molar-refractivity contribution in [3.8, 4) is 0 Å². The number of quaternary nitrogens is 1. The van der Waals surface area contributed by atoms with Crippen LogP contribution in [0, 0.1) is 19.1 Å². The highest BCUT2D eigenvalue weighted by molar-refractivity contribution is 5.94. The molecule has 0 aliphatic heterocycles. The van der Waals surface area contributed by atoms with Crippen LogP contribution in [0.4, 0.5) is 5.69 Å². The lowest BCUT2D eigenvalue weighted by atomic mass is 10.1. The summed E-state index contributed by atoms with van der Waals surface area (Å²) in [5.74, 6) is -0.267. The van der Waals surface area contributed by atoms with Gasteiger partial charge < -0.3 is 15.5 Å². The predicted molar refractivity (Wildman–Crippen MR) is 96.0 cm³/mol. The number of aromatic nitrogens is 1. The number of aromatic amines is 1. The molecule has 25 heavy (non-hydrogen) atoms. The second kappa shape index (κ2) is 7.06. The number of H-pyrrole nitrogens is 1. The first kappa shape index (κ1) is 17.2. The summed E-state index contributed by atoms with van der Waals surface area (Å²) in [6.45, 7) is 4.57. The van der Waals surface area contributed by atoms with Crippen molar-refractivity contribution >= 4 is 22.5 Å². The third-order valence-corrected chi connectivity index (χ3v) is 4.31. The van der Waals surface area contributed by atoms with E-state index in [1.807, 2.05) is 6.92 Å². The molecule has 1 amide bonds. The average molecular weight is 339 g/mol. The van der Waals surface area contributed by atoms with E-state index in [2.05, 4.69) is 35.4 Å². The first-order valence-corrected chi connectivity index (χ1v) is 8.15. The topological polar surface area (TPSA) is 92.6 Å². The van der Waals surface area contributed by atoms with E-state index in [0.29, 0.717) is 18.5 Å². The summed E-state index contributed by atoms with van der Waals surface area (Å²) < 4.78 is 0. The molecule has 2 aromatic carbocycles. The van der Waals surface area contributed by atoms with E-state index in [1.165, 1.54) is 28.6 Å². The summed E-state index contributed by atoms with van der Waals surface area (Å²) in [6.07, 6.45) is 0.708. The molecule has 4 N–H and O–H groups in total. The zero-order valence-electron chi connectivity index (χ0n) is 14.2. The maximum atomic E-state index is 12.2. The molecule has 1 heterocycles. The smallest absolute Gasteiger partial charge is 0.251 e. The fourth-order valence-corrected chi connectivity index (χ4v) is 3.01. The van der Waals surface area contributed by atoms with Crippen LogP contribution in [0.25, 0.3) is 10.9 Å². The van der Waals surface area contributed by atoms with Crippen molar-refractivity contribution in [1.29, 1.82) is 0 Å². The Kier molecular flexibility index (Phi) is 4.85. The van der Waals surface area contributed by atoms with Crippen LogP contribution in [0.2, 0.25) is 0 Å². The molecule has 6 heteroatoms. The largest absolute Gasteiger partial charge is 0.595 e. The first-order valence-electron chi connectivity index (χ1n) is 8.15. The fourth-order valence-electron chi connectivity index (χ4n) is 3.01. The summed E-state index contributed by atoms with van der Waals surface area (Å²) in [4.78, 5) is 15.6. The Balaban J connectivity index is 1.69. The number of nitrogens with one attached hydrogen (secondary N) is 3. The Morgan fingerprint density at radius 3 is 2.80 bits per heavy atom. The maximum Gasteiger partial charge on any atom is 0.251 e. The van der Waals surface area contributed by atoms with Gasteiger partial charge in [-0.2, -0.15) is 5.23 Å². The van der Waals surface area contributed by atoms with Crippen LogP contribution < -0.4 is 10.5 Å². The Morgan fingerprint density at radius 1 is 1.24 bits per heavy atom. The third-order valence-electron chi connectivity index (χ3n) is 4.31. The van der Waals surface area contributed by atoms with Gasteiger partial charge in [-0.3, -0.25) is 4.79 Å². The lowest BCUT2D eigenvalue weighted by molar-refractivity contribution is -0.991. The summed E-state index contributed by atoms with van der Waals surface area (Å²) in [7, 11) is 0. The molecule has 3 rings (SSSR count). The van der Waals surface area contributed by atoms with E-state index < -0.39 is 5.23 Å². The normalized spacial score (nSPS) is 12.3. The van der Waals surface area contributed by atoms with Gasteiger partial charge in [0.25, 0.3) is 5.91 Å². The van der Waals surface area contributed by atoms with E-state index in [-0.39, 0.29) is 11.6 Å². The van der Waals surface area contributed by atoms with Crippen molar-refractivity contribution < 1.29 is 15.2 Å². The van der Waals surface area contributed by atoms with Gasteiger partial charge in [-0.15, -0.1) is 0 Å². The molecule has 1 atom stereocenters. The number of benzene rings is 2. The fraction of sp³-hybridized carbons (Fsp3) is 0.211. The van der Waals surface area contributed by atoms with Crippen LogP contribution in [-0.2, 0) is 6.42 Å². The summed E-state index contributed by atoms with van der Waals surface area (Å²) >= 11 is 0. The third kappa shape index (κ3) is 3.71. The van der Waals surface area contributed by atoms with E-state index in [4.69, 9.17) is 5.21 Å². The molecule has 0 aliphatic carbocycles. The minimum atomic E-state index is -1.04. The quantitative estimate of drug-likeness (QED) is 0.537. The molecule has 3 aromatic rings. The van der Waals surface area contributed by atoms with E-state index in [9.17, 15) is 10.0 Å². The number of hydrogen-bond donors (Lipinski definition) is 4. The Morgan fingerprint density at radius 2 is 2.04 bits per heavy atom. The molecule has 1 unspecified atom stereocenters. The second-order valence-electron chi connectivity index (χ2n) is 6.17. The molecule has 130 valence electrons. The van der Waals surface area contributed by atoms with Gasteiger partial charge in [0.15, 0.2) is 5.69 Å². The lowest BCUT2D eigenvalue weighted by Gasteiger charge is -2.12. The van der Waals surface area contributed by atoms with Crippen molar-refractivity contribution in [3.05, 3.63) is 70.1 Å².